The monoisotopic (exact) mass is 820 g/mol. The topological polar surface area (TPSA) is 0 Å². The molecule has 54 heavy (non-hydrogen) atoms. The van der Waals surface area contributed by atoms with Crippen LogP contribution in [0, 0.1) is 6.08 Å². The molecule has 7 aromatic rings. The van der Waals surface area contributed by atoms with Gasteiger partial charge in [0.05, 0.1) is 0 Å². The maximum atomic E-state index is 3.32. The summed E-state index contributed by atoms with van der Waals surface area (Å²) >= 11 is 1.46. The van der Waals surface area contributed by atoms with Gasteiger partial charge in [0.2, 0.25) is 0 Å². The Balaban J connectivity index is 0.000000181. The second kappa shape index (κ2) is 19.0. The van der Waals surface area contributed by atoms with E-state index in [0.717, 1.165) is 6.42 Å². The second-order valence-electron chi connectivity index (χ2n) is 15.5. The van der Waals surface area contributed by atoms with Gasteiger partial charge in [-0.25, -0.2) is 6.08 Å². The first-order valence-electron chi connectivity index (χ1n) is 18.2. The zero-order valence-electron chi connectivity index (χ0n) is 32.1. The summed E-state index contributed by atoms with van der Waals surface area (Å²) < 4.78 is 1.42. The fourth-order valence-corrected chi connectivity index (χ4v) is 7.36. The van der Waals surface area contributed by atoms with Crippen LogP contribution < -0.4 is 24.8 Å². The standard InChI is InChI=1S/C21H25.C17H13.C13H10.2ClH.Zr/c1-20(2,3)16-7-9-18-14(12-16)11-15-13-17(21(4,5)6)8-10-19(15)18;1-3-8-14(9-4-1)16-12-7-13-17(16)15-10-5-2-6-11-15;1-3-7-12(8-4-1)11-13-9-5-2-6-10-13;;;/h7-13H,1-6H3;1-6,8-12H,13H2;1-10H;2*1H;/q2*-1;;;;+2/p-2. The summed E-state index contributed by atoms with van der Waals surface area (Å²) in [6.45, 7) is 13.6. The van der Waals surface area contributed by atoms with E-state index in [-0.39, 0.29) is 35.6 Å². The van der Waals surface area contributed by atoms with Crippen molar-refractivity contribution >= 4 is 35.9 Å². The van der Waals surface area contributed by atoms with Crippen LogP contribution in [0.2, 0.25) is 0 Å². The molecule has 3 heteroatoms. The summed E-state index contributed by atoms with van der Waals surface area (Å²) in [5.41, 5.74) is 11.1. The normalized spacial score (nSPS) is 12.2. The number of benzene rings is 6. The molecule has 0 N–H and O–H groups in total. The molecule has 8 rings (SSSR count). The van der Waals surface area contributed by atoms with Crippen LogP contribution in [0.5, 0.6) is 0 Å². The van der Waals surface area contributed by atoms with Crippen LogP contribution in [0.15, 0.2) is 170 Å². The van der Waals surface area contributed by atoms with Gasteiger partial charge in [0.15, 0.2) is 0 Å². The molecule has 0 spiro atoms. The first kappa shape index (κ1) is 42.7. The number of halogens is 2. The van der Waals surface area contributed by atoms with Crippen molar-refractivity contribution in [2.45, 2.75) is 58.8 Å². The van der Waals surface area contributed by atoms with Gasteiger partial charge in [0, 0.05) is 0 Å². The summed E-state index contributed by atoms with van der Waals surface area (Å²) in [7, 11) is 0. The molecule has 0 atom stereocenters. The molecule has 0 fully saturated rings. The van der Waals surface area contributed by atoms with Gasteiger partial charge < -0.3 is 24.8 Å². The van der Waals surface area contributed by atoms with Crippen LogP contribution in [0.4, 0.5) is 0 Å². The summed E-state index contributed by atoms with van der Waals surface area (Å²) in [5.74, 6) is 0. The summed E-state index contributed by atoms with van der Waals surface area (Å²) in [6.07, 6.45) is 6.34. The zero-order chi connectivity index (χ0) is 36.7. The zero-order valence-corrected chi connectivity index (χ0v) is 36.1. The molecule has 0 amide bonds. The van der Waals surface area contributed by atoms with Crippen molar-refractivity contribution in [2.24, 2.45) is 0 Å². The molecule has 0 saturated heterocycles. The third-order valence-corrected chi connectivity index (χ3v) is 11.0. The van der Waals surface area contributed by atoms with Crippen LogP contribution >= 0.6 is 0 Å². The quantitative estimate of drug-likeness (QED) is 0.162. The van der Waals surface area contributed by atoms with Crippen molar-refractivity contribution in [3.63, 3.8) is 0 Å². The number of rotatable bonds is 4. The fraction of sp³-hybridized carbons (Fsp3) is 0.176. The molecule has 7 aromatic carbocycles. The molecule has 0 aliphatic heterocycles. The summed E-state index contributed by atoms with van der Waals surface area (Å²) in [5, 5.41) is 5.48. The second-order valence-corrected chi connectivity index (χ2v) is 16.7. The van der Waals surface area contributed by atoms with Gasteiger partial charge in [0.1, 0.15) is 0 Å². The Morgan fingerprint density at radius 3 is 1.31 bits per heavy atom. The van der Waals surface area contributed by atoms with E-state index in [9.17, 15) is 0 Å². The number of allylic oxidation sites excluding steroid dienone is 4. The molecule has 1 aliphatic carbocycles. The average molecular weight is 823 g/mol. The van der Waals surface area contributed by atoms with Crippen molar-refractivity contribution < 1.29 is 49.0 Å². The molecule has 0 heterocycles. The Hall–Kier alpha value is -4.00. The van der Waals surface area contributed by atoms with Crippen LogP contribution in [-0.4, -0.2) is 3.21 Å². The van der Waals surface area contributed by atoms with Gasteiger partial charge in [0.25, 0.3) is 0 Å². The molecule has 0 bridgehead atoms. The summed E-state index contributed by atoms with van der Waals surface area (Å²) in [4.78, 5) is 0. The number of hydrogen-bond acceptors (Lipinski definition) is 0. The van der Waals surface area contributed by atoms with E-state index < -0.39 is 0 Å². The third kappa shape index (κ3) is 10.6. The van der Waals surface area contributed by atoms with Gasteiger partial charge in [-0.15, -0.1) is 57.3 Å². The van der Waals surface area contributed by atoms with Gasteiger partial charge >= 0.3 is 99.2 Å². The average Bonchev–Trinajstić information content (AvgIpc) is 3.81. The van der Waals surface area contributed by atoms with E-state index in [4.69, 9.17) is 0 Å². The molecular formula is C51H48Cl2Zr-2. The molecule has 0 saturated carbocycles. The van der Waals surface area contributed by atoms with Gasteiger partial charge in [-0.1, -0.05) is 138 Å². The number of hydrogen-bond donors (Lipinski definition) is 0. The first-order chi connectivity index (χ1) is 25.0. The summed E-state index contributed by atoms with van der Waals surface area (Å²) in [6, 6.07) is 58.4. The van der Waals surface area contributed by atoms with Crippen molar-refractivity contribution in [1.82, 2.24) is 0 Å². The van der Waals surface area contributed by atoms with Gasteiger partial charge in [-0.3, -0.25) is 6.08 Å². The Labute approximate surface area is 350 Å². The molecule has 0 aromatic heterocycles. The fourth-order valence-electron chi connectivity index (χ4n) is 6.54. The molecule has 272 valence electrons. The van der Waals surface area contributed by atoms with Gasteiger partial charge in [-0.05, 0) is 16.4 Å². The SMILES string of the molecule is CC(C)(C)c1ccc2c(c1)[cH-]c1cc(C(C)(C)C)ccc12.[C-]1=CC(c2ccccc2)=C(c2ccccc2)C1.[Cl-].[Cl-].[Zr+2]=[C](c1ccccc1)c1ccccc1. The van der Waals surface area contributed by atoms with Crippen LogP contribution in [0.1, 0.15) is 81.3 Å². The van der Waals surface area contributed by atoms with E-state index in [2.05, 4.69) is 217 Å². The van der Waals surface area contributed by atoms with E-state index in [0.29, 0.717) is 0 Å². The number of fused-ring (bicyclic) bond motifs is 3. The van der Waals surface area contributed by atoms with Crippen LogP contribution in [0.3, 0.4) is 0 Å². The van der Waals surface area contributed by atoms with E-state index in [1.54, 1.807) is 0 Å². The Morgan fingerprint density at radius 2 is 0.907 bits per heavy atom. The molecule has 0 nitrogen and oxygen atoms in total. The van der Waals surface area contributed by atoms with Crippen LogP contribution in [0.25, 0.3) is 32.7 Å². The maximum absolute atomic E-state index is 3.32. The van der Waals surface area contributed by atoms with Crippen LogP contribution in [-0.2, 0) is 35.1 Å². The molecule has 1 aliphatic rings. The Bertz CT molecular complexity index is 2210. The van der Waals surface area contributed by atoms with E-state index in [1.807, 2.05) is 0 Å². The van der Waals surface area contributed by atoms with Crippen molar-refractivity contribution in [1.29, 1.82) is 0 Å². The third-order valence-electron chi connectivity index (χ3n) is 9.62. The van der Waals surface area contributed by atoms with Crippen molar-refractivity contribution in [3.05, 3.63) is 209 Å². The predicted molar refractivity (Wildman–Crippen MR) is 223 cm³/mol. The minimum atomic E-state index is 0. The van der Waals surface area contributed by atoms with Crippen molar-refractivity contribution in [3.8, 4) is 0 Å². The predicted octanol–water partition coefficient (Wildman–Crippen LogP) is 7.48. The Morgan fingerprint density at radius 1 is 0.519 bits per heavy atom. The van der Waals surface area contributed by atoms with E-state index in [1.165, 1.54) is 93.5 Å². The molecule has 0 unspecified atom stereocenters. The molecular weight excluding hydrogens is 775 g/mol. The van der Waals surface area contributed by atoms with Crippen molar-refractivity contribution in [2.75, 3.05) is 0 Å². The van der Waals surface area contributed by atoms with Gasteiger partial charge in [-0.2, -0.15) is 5.57 Å². The minimum absolute atomic E-state index is 0. The first-order valence-corrected chi connectivity index (χ1v) is 19.5. The van der Waals surface area contributed by atoms with E-state index >= 15 is 0 Å². The molecule has 0 radical (unpaired) electrons. The Kier molecular flexibility index (Phi) is 15.1.